The third-order valence-electron chi connectivity index (χ3n) is 5.02. The number of hydrogen-bond acceptors (Lipinski definition) is 4. The molecule has 1 aliphatic rings. The van der Waals surface area contributed by atoms with Gasteiger partial charge >= 0.3 is 6.09 Å². The molecule has 28 heavy (non-hydrogen) atoms. The largest absolute Gasteiger partial charge is 0.446 e. The topological polar surface area (TPSA) is 87.3 Å². The number of nitrogens with one attached hydrogen (secondary N) is 2. The molecule has 0 bridgehead atoms. The van der Waals surface area contributed by atoms with Crippen LogP contribution in [0.5, 0.6) is 0 Å². The molecule has 1 saturated carbocycles. The van der Waals surface area contributed by atoms with E-state index in [4.69, 9.17) is 4.74 Å². The Morgan fingerprint density at radius 1 is 1.32 bits per heavy atom. The van der Waals surface area contributed by atoms with Gasteiger partial charge in [0.2, 0.25) is 5.91 Å². The van der Waals surface area contributed by atoms with E-state index in [1.807, 2.05) is 13.0 Å². The van der Waals surface area contributed by atoms with E-state index in [2.05, 4.69) is 15.5 Å². The van der Waals surface area contributed by atoms with Crippen molar-refractivity contribution in [1.29, 1.82) is 0 Å². The third kappa shape index (κ3) is 5.09. The van der Waals surface area contributed by atoms with Crippen molar-refractivity contribution in [2.75, 3.05) is 18.9 Å². The fraction of sp³-hybridized carbons (Fsp3) is 0.450. The lowest BCUT2D eigenvalue weighted by Crippen LogP contribution is -2.30. The molecule has 2 aromatic rings. The summed E-state index contributed by atoms with van der Waals surface area (Å²) in [6, 6.07) is 7.64. The highest BCUT2D eigenvalue weighted by molar-refractivity contribution is 5.91. The van der Waals surface area contributed by atoms with Crippen LogP contribution in [-0.4, -0.2) is 46.8 Å². The number of anilines is 1. The van der Waals surface area contributed by atoms with E-state index in [-0.39, 0.29) is 36.3 Å². The summed E-state index contributed by atoms with van der Waals surface area (Å²) in [5.41, 5.74) is 1.65. The molecule has 2 N–H and O–H groups in total. The van der Waals surface area contributed by atoms with Gasteiger partial charge in [0, 0.05) is 31.3 Å². The molecule has 8 heteroatoms. The molecule has 150 valence electrons. The molecule has 0 radical (unpaired) electrons. The van der Waals surface area contributed by atoms with Gasteiger partial charge in [-0.2, -0.15) is 5.10 Å². The summed E-state index contributed by atoms with van der Waals surface area (Å²) in [5.74, 6) is 0.113. The van der Waals surface area contributed by atoms with Crippen LogP contribution in [0.4, 0.5) is 15.0 Å². The van der Waals surface area contributed by atoms with Crippen molar-refractivity contribution in [3.63, 3.8) is 0 Å². The maximum absolute atomic E-state index is 12.9. The van der Waals surface area contributed by atoms with E-state index in [0.717, 1.165) is 30.5 Å². The van der Waals surface area contributed by atoms with Crippen LogP contribution >= 0.6 is 0 Å². The number of aromatic nitrogens is 2. The van der Waals surface area contributed by atoms with Gasteiger partial charge in [-0.15, -0.1) is 0 Å². The Bertz CT molecular complexity index is 821. The summed E-state index contributed by atoms with van der Waals surface area (Å²) in [7, 11) is 1.71. The van der Waals surface area contributed by atoms with Gasteiger partial charge in [-0.05, 0) is 43.9 Å². The van der Waals surface area contributed by atoms with Crippen molar-refractivity contribution >= 4 is 17.8 Å². The number of benzene rings is 1. The zero-order valence-corrected chi connectivity index (χ0v) is 16.1. The first-order valence-corrected chi connectivity index (χ1v) is 9.46. The molecule has 0 aliphatic heterocycles. The highest BCUT2D eigenvalue weighted by atomic mass is 19.1. The number of halogens is 1. The maximum atomic E-state index is 12.9. The average molecular weight is 388 g/mol. The monoisotopic (exact) mass is 388 g/mol. The number of nitrogens with zero attached hydrogens (tertiary/aromatic N) is 2. The van der Waals surface area contributed by atoms with E-state index < -0.39 is 0 Å². The summed E-state index contributed by atoms with van der Waals surface area (Å²) in [4.78, 5) is 25.6. The summed E-state index contributed by atoms with van der Waals surface area (Å²) < 4.78 is 18.5. The van der Waals surface area contributed by atoms with Crippen molar-refractivity contribution in [1.82, 2.24) is 15.1 Å². The number of amides is 2. The van der Waals surface area contributed by atoms with Gasteiger partial charge < -0.3 is 15.0 Å². The minimum Gasteiger partial charge on any atom is -0.446 e. The SMILES string of the molecule is CCN(C)C(=O)OC1CCC(c2cc(NC(=O)Cc3ccc(F)cc3)n[nH]2)C1. The Balaban J connectivity index is 1.50. The van der Waals surface area contributed by atoms with Gasteiger partial charge in [-0.3, -0.25) is 9.89 Å². The first-order valence-electron chi connectivity index (χ1n) is 9.46. The van der Waals surface area contributed by atoms with E-state index >= 15 is 0 Å². The summed E-state index contributed by atoms with van der Waals surface area (Å²) >= 11 is 0. The molecule has 0 spiro atoms. The van der Waals surface area contributed by atoms with Gasteiger partial charge in [-0.25, -0.2) is 9.18 Å². The summed E-state index contributed by atoms with van der Waals surface area (Å²) in [6.45, 7) is 2.51. The van der Waals surface area contributed by atoms with Gasteiger partial charge in [0.15, 0.2) is 5.82 Å². The first kappa shape index (κ1) is 19.9. The molecule has 1 heterocycles. The molecule has 3 rings (SSSR count). The van der Waals surface area contributed by atoms with Gasteiger partial charge in [0.05, 0.1) is 6.42 Å². The number of ether oxygens (including phenoxy) is 1. The van der Waals surface area contributed by atoms with Crippen molar-refractivity contribution in [2.24, 2.45) is 0 Å². The highest BCUT2D eigenvalue weighted by Gasteiger charge is 2.30. The Kier molecular flexibility index (Phi) is 6.28. The van der Waals surface area contributed by atoms with Crippen LogP contribution in [0.1, 0.15) is 43.4 Å². The molecule has 0 saturated heterocycles. The van der Waals surface area contributed by atoms with Crippen LogP contribution < -0.4 is 5.32 Å². The second-order valence-corrected chi connectivity index (χ2v) is 7.09. The van der Waals surface area contributed by atoms with Crippen LogP contribution in [-0.2, 0) is 16.0 Å². The second kappa shape index (κ2) is 8.86. The quantitative estimate of drug-likeness (QED) is 0.793. The van der Waals surface area contributed by atoms with Gasteiger partial charge in [0.1, 0.15) is 11.9 Å². The number of H-pyrrole nitrogens is 1. The Morgan fingerprint density at radius 2 is 2.07 bits per heavy atom. The van der Waals surface area contributed by atoms with Crippen LogP contribution in [0.25, 0.3) is 0 Å². The minimum atomic E-state index is -0.331. The normalized spacial score (nSPS) is 18.7. The molecular weight excluding hydrogens is 363 g/mol. The lowest BCUT2D eigenvalue weighted by atomic mass is 10.0. The molecular formula is C20H25FN4O3. The molecule has 7 nitrogen and oxygen atoms in total. The smallest absolute Gasteiger partial charge is 0.409 e. The molecule has 2 unspecified atom stereocenters. The first-order chi connectivity index (χ1) is 13.4. The standard InChI is InChI=1S/C20H25FN4O3/c1-3-25(2)20(27)28-16-9-6-14(11-16)17-12-18(24-23-17)22-19(26)10-13-4-7-15(21)8-5-13/h4-5,7-8,12,14,16H,3,6,9-11H2,1-2H3,(H2,22,23,24,26). The van der Waals surface area contributed by atoms with Crippen molar-refractivity contribution in [3.05, 3.63) is 47.4 Å². The number of carbonyl (C=O) groups is 2. The molecule has 2 atom stereocenters. The molecule has 1 aliphatic carbocycles. The second-order valence-electron chi connectivity index (χ2n) is 7.09. The van der Waals surface area contributed by atoms with Crippen molar-refractivity contribution < 1.29 is 18.7 Å². The van der Waals surface area contributed by atoms with E-state index in [1.165, 1.54) is 17.0 Å². The van der Waals surface area contributed by atoms with Crippen molar-refractivity contribution in [3.8, 4) is 0 Å². The minimum absolute atomic E-state index is 0.105. The summed E-state index contributed by atoms with van der Waals surface area (Å²) in [5, 5.41) is 9.87. The van der Waals surface area contributed by atoms with Crippen LogP contribution in [0.15, 0.2) is 30.3 Å². The van der Waals surface area contributed by atoms with E-state index in [1.54, 1.807) is 19.2 Å². The Labute approximate surface area is 163 Å². The van der Waals surface area contributed by atoms with Gasteiger partial charge in [-0.1, -0.05) is 12.1 Å². The zero-order chi connectivity index (χ0) is 20.1. The fourth-order valence-electron chi connectivity index (χ4n) is 3.28. The highest BCUT2D eigenvalue weighted by Crippen LogP contribution is 2.36. The zero-order valence-electron chi connectivity index (χ0n) is 16.1. The maximum Gasteiger partial charge on any atom is 0.409 e. The number of rotatable bonds is 6. The Morgan fingerprint density at radius 3 is 2.79 bits per heavy atom. The number of aromatic amines is 1. The van der Waals surface area contributed by atoms with Crippen molar-refractivity contribution in [2.45, 2.75) is 44.6 Å². The van der Waals surface area contributed by atoms with Crippen LogP contribution in [0.2, 0.25) is 0 Å². The molecule has 1 aromatic heterocycles. The lowest BCUT2D eigenvalue weighted by molar-refractivity contribution is -0.115. The third-order valence-corrected chi connectivity index (χ3v) is 5.02. The fourth-order valence-corrected chi connectivity index (χ4v) is 3.28. The summed E-state index contributed by atoms with van der Waals surface area (Å²) in [6.07, 6.45) is 2.17. The molecule has 2 amide bonds. The van der Waals surface area contributed by atoms with E-state index in [0.29, 0.717) is 12.4 Å². The molecule has 1 aromatic carbocycles. The Hall–Kier alpha value is -2.90. The average Bonchev–Trinajstić information content (AvgIpc) is 3.32. The lowest BCUT2D eigenvalue weighted by Gasteiger charge is -2.18. The number of hydrogen-bond donors (Lipinski definition) is 2. The van der Waals surface area contributed by atoms with Crippen LogP contribution in [0.3, 0.4) is 0 Å². The predicted molar refractivity (Wildman–Crippen MR) is 102 cm³/mol. The predicted octanol–water partition coefficient (Wildman–Crippen LogP) is 3.45. The van der Waals surface area contributed by atoms with Gasteiger partial charge in [0.25, 0.3) is 0 Å². The van der Waals surface area contributed by atoms with E-state index in [9.17, 15) is 14.0 Å². The number of carbonyl (C=O) groups excluding carboxylic acids is 2. The van der Waals surface area contributed by atoms with Crippen LogP contribution in [0, 0.1) is 5.82 Å². The molecule has 1 fully saturated rings.